The maximum absolute atomic E-state index is 11.9. The second-order valence-electron chi connectivity index (χ2n) is 3.96. The molecule has 1 amide bonds. The zero-order valence-electron chi connectivity index (χ0n) is 10.5. The van der Waals surface area contributed by atoms with Crippen LogP contribution in [0.2, 0.25) is 0 Å². The number of hydrogen-bond donors (Lipinski definition) is 3. The Morgan fingerprint density at radius 3 is 2.84 bits per heavy atom. The molecule has 19 heavy (non-hydrogen) atoms. The standard InChI is InChI=1S/C13H16N2O3S/c1-9(19-8-11(17)7-16)13(18)15-12-5-3-2-4-10(12)6-14/h2-5,9,11,16-17H,7-8H2,1H3,(H,15,18). The van der Waals surface area contributed by atoms with Crippen molar-refractivity contribution < 1.29 is 15.0 Å². The zero-order valence-corrected chi connectivity index (χ0v) is 11.4. The number of carbonyl (C=O) groups excluding carboxylic acids is 1. The van der Waals surface area contributed by atoms with Crippen molar-refractivity contribution >= 4 is 23.4 Å². The van der Waals surface area contributed by atoms with Crippen LogP contribution in [0.4, 0.5) is 5.69 Å². The summed E-state index contributed by atoms with van der Waals surface area (Å²) in [4.78, 5) is 11.9. The average Bonchev–Trinajstić information content (AvgIpc) is 2.44. The Morgan fingerprint density at radius 1 is 1.53 bits per heavy atom. The minimum Gasteiger partial charge on any atom is -0.394 e. The Kier molecular flexibility index (Phi) is 6.36. The van der Waals surface area contributed by atoms with Gasteiger partial charge in [-0.3, -0.25) is 4.79 Å². The van der Waals surface area contributed by atoms with Crippen molar-refractivity contribution in [2.24, 2.45) is 0 Å². The molecule has 0 aliphatic rings. The molecule has 6 heteroatoms. The van der Waals surface area contributed by atoms with Gasteiger partial charge in [0.25, 0.3) is 0 Å². The lowest BCUT2D eigenvalue weighted by molar-refractivity contribution is -0.115. The molecule has 5 nitrogen and oxygen atoms in total. The molecule has 1 aromatic carbocycles. The van der Waals surface area contributed by atoms with Crippen LogP contribution in [-0.2, 0) is 4.79 Å². The minimum atomic E-state index is -0.827. The highest BCUT2D eigenvalue weighted by molar-refractivity contribution is 8.00. The van der Waals surface area contributed by atoms with Gasteiger partial charge in [0.15, 0.2) is 0 Å². The molecule has 0 saturated carbocycles. The quantitative estimate of drug-likeness (QED) is 0.722. The van der Waals surface area contributed by atoms with Crippen molar-refractivity contribution in [3.63, 3.8) is 0 Å². The largest absolute Gasteiger partial charge is 0.394 e. The highest BCUT2D eigenvalue weighted by Crippen LogP contribution is 2.17. The fraction of sp³-hybridized carbons (Fsp3) is 0.385. The summed E-state index contributed by atoms with van der Waals surface area (Å²) in [7, 11) is 0. The summed E-state index contributed by atoms with van der Waals surface area (Å²) in [6.45, 7) is 1.39. The lowest BCUT2D eigenvalue weighted by atomic mass is 10.2. The van der Waals surface area contributed by atoms with Gasteiger partial charge in [-0.05, 0) is 19.1 Å². The first-order chi connectivity index (χ1) is 9.08. The number of thioether (sulfide) groups is 1. The predicted octanol–water partition coefficient (Wildman–Crippen LogP) is 0.972. The number of nitrogens with one attached hydrogen (secondary N) is 1. The van der Waals surface area contributed by atoms with Crippen LogP contribution in [-0.4, -0.2) is 39.8 Å². The van der Waals surface area contributed by atoms with Crippen molar-refractivity contribution in [1.29, 1.82) is 5.26 Å². The van der Waals surface area contributed by atoms with Crippen LogP contribution in [0.1, 0.15) is 12.5 Å². The van der Waals surface area contributed by atoms with Gasteiger partial charge in [0.1, 0.15) is 6.07 Å². The third-order valence-electron chi connectivity index (χ3n) is 2.42. The van der Waals surface area contributed by atoms with Gasteiger partial charge >= 0.3 is 0 Å². The normalized spacial score (nSPS) is 13.4. The highest BCUT2D eigenvalue weighted by atomic mass is 32.2. The van der Waals surface area contributed by atoms with Crippen molar-refractivity contribution in [2.45, 2.75) is 18.3 Å². The third-order valence-corrected chi connectivity index (χ3v) is 3.72. The van der Waals surface area contributed by atoms with E-state index >= 15 is 0 Å². The maximum atomic E-state index is 11.9. The van der Waals surface area contributed by atoms with Gasteiger partial charge in [-0.2, -0.15) is 5.26 Å². The number of hydrogen-bond acceptors (Lipinski definition) is 5. The van der Waals surface area contributed by atoms with Gasteiger partial charge in [0.2, 0.25) is 5.91 Å². The van der Waals surface area contributed by atoms with Crippen molar-refractivity contribution in [2.75, 3.05) is 17.7 Å². The van der Waals surface area contributed by atoms with Gasteiger partial charge in [-0.15, -0.1) is 11.8 Å². The molecule has 0 fully saturated rings. The van der Waals surface area contributed by atoms with E-state index in [4.69, 9.17) is 10.4 Å². The number of nitrogens with zero attached hydrogens (tertiary/aromatic N) is 1. The number of rotatable bonds is 6. The number of anilines is 1. The number of amides is 1. The Labute approximate surface area is 116 Å². The molecule has 2 unspecified atom stereocenters. The number of aliphatic hydroxyl groups excluding tert-OH is 2. The predicted molar refractivity (Wildman–Crippen MR) is 74.8 cm³/mol. The van der Waals surface area contributed by atoms with Crippen LogP contribution in [0.25, 0.3) is 0 Å². The zero-order chi connectivity index (χ0) is 14.3. The summed E-state index contributed by atoms with van der Waals surface area (Å²) in [5.74, 6) is 0.0446. The summed E-state index contributed by atoms with van der Waals surface area (Å²) in [6.07, 6.45) is -0.827. The smallest absolute Gasteiger partial charge is 0.237 e. The molecule has 102 valence electrons. The van der Waals surface area contributed by atoms with E-state index in [0.717, 1.165) is 0 Å². The second-order valence-corrected chi connectivity index (χ2v) is 5.33. The molecule has 0 aliphatic heterocycles. The van der Waals surface area contributed by atoms with Crippen LogP contribution in [0, 0.1) is 11.3 Å². The molecule has 0 spiro atoms. The summed E-state index contributed by atoms with van der Waals surface area (Å²) in [5, 5.41) is 29.1. The summed E-state index contributed by atoms with van der Waals surface area (Å²) < 4.78 is 0. The average molecular weight is 280 g/mol. The van der Waals surface area contributed by atoms with Crippen LogP contribution >= 0.6 is 11.8 Å². The molecule has 0 aliphatic carbocycles. The first-order valence-electron chi connectivity index (χ1n) is 5.79. The van der Waals surface area contributed by atoms with E-state index in [1.807, 2.05) is 6.07 Å². The monoisotopic (exact) mass is 280 g/mol. The molecule has 1 aromatic rings. The fourth-order valence-corrected chi connectivity index (χ4v) is 2.13. The van der Waals surface area contributed by atoms with Crippen LogP contribution in [0.3, 0.4) is 0 Å². The number of carbonyl (C=O) groups is 1. The fourth-order valence-electron chi connectivity index (χ4n) is 1.31. The summed E-state index contributed by atoms with van der Waals surface area (Å²) in [5.41, 5.74) is 0.883. The minimum absolute atomic E-state index is 0.238. The van der Waals surface area contributed by atoms with Crippen LogP contribution in [0.5, 0.6) is 0 Å². The van der Waals surface area contributed by atoms with Crippen molar-refractivity contribution in [1.82, 2.24) is 0 Å². The van der Waals surface area contributed by atoms with E-state index in [1.54, 1.807) is 31.2 Å². The molecule has 0 saturated heterocycles. The van der Waals surface area contributed by atoms with Crippen molar-refractivity contribution in [3.05, 3.63) is 29.8 Å². The van der Waals surface area contributed by atoms with Gasteiger partial charge < -0.3 is 15.5 Å². The van der Waals surface area contributed by atoms with E-state index in [9.17, 15) is 9.90 Å². The topological polar surface area (TPSA) is 93.3 Å². The molecular weight excluding hydrogens is 264 g/mol. The highest BCUT2D eigenvalue weighted by Gasteiger charge is 2.16. The van der Waals surface area contributed by atoms with Crippen LogP contribution < -0.4 is 5.32 Å². The number of aliphatic hydroxyl groups is 2. The first kappa shape index (κ1) is 15.5. The van der Waals surface area contributed by atoms with Crippen molar-refractivity contribution in [3.8, 4) is 6.07 Å². The van der Waals surface area contributed by atoms with Crippen LogP contribution in [0.15, 0.2) is 24.3 Å². The molecular formula is C13H16N2O3S. The first-order valence-corrected chi connectivity index (χ1v) is 6.84. The number of para-hydroxylation sites is 1. The number of benzene rings is 1. The molecule has 0 bridgehead atoms. The molecule has 1 rings (SSSR count). The van der Waals surface area contributed by atoms with Gasteiger partial charge in [-0.25, -0.2) is 0 Å². The Balaban J connectivity index is 2.57. The SMILES string of the molecule is CC(SCC(O)CO)C(=O)Nc1ccccc1C#N. The Bertz CT molecular complexity index is 473. The van der Waals surface area contributed by atoms with E-state index < -0.39 is 6.10 Å². The van der Waals surface area contributed by atoms with E-state index in [1.165, 1.54) is 11.8 Å². The second kappa shape index (κ2) is 7.79. The summed E-state index contributed by atoms with van der Waals surface area (Å²) in [6, 6.07) is 8.76. The maximum Gasteiger partial charge on any atom is 0.237 e. The lowest BCUT2D eigenvalue weighted by Crippen LogP contribution is -2.25. The molecule has 3 N–H and O–H groups in total. The molecule has 0 heterocycles. The molecule has 0 aromatic heterocycles. The van der Waals surface area contributed by atoms with E-state index in [0.29, 0.717) is 11.3 Å². The van der Waals surface area contributed by atoms with Gasteiger partial charge in [0.05, 0.1) is 29.2 Å². The third kappa shape index (κ3) is 4.91. The Hall–Kier alpha value is -1.55. The summed E-state index contributed by atoms with van der Waals surface area (Å²) >= 11 is 1.24. The Morgan fingerprint density at radius 2 is 2.21 bits per heavy atom. The van der Waals surface area contributed by atoms with Gasteiger partial charge in [-0.1, -0.05) is 12.1 Å². The van der Waals surface area contributed by atoms with E-state index in [2.05, 4.69) is 5.32 Å². The van der Waals surface area contributed by atoms with Gasteiger partial charge in [0, 0.05) is 5.75 Å². The number of nitriles is 1. The molecule has 2 atom stereocenters. The van der Waals surface area contributed by atoms with E-state index in [-0.39, 0.29) is 23.5 Å². The lowest BCUT2D eigenvalue weighted by Gasteiger charge is -2.14. The molecule has 0 radical (unpaired) electrons.